The van der Waals surface area contributed by atoms with E-state index in [1.807, 2.05) is 24.3 Å². The molecule has 1 radical (unpaired) electrons. The van der Waals surface area contributed by atoms with Crippen molar-refractivity contribution in [2.24, 2.45) is 0 Å². The molecule has 0 saturated heterocycles. The third-order valence-electron chi connectivity index (χ3n) is 2.76. The fourth-order valence-corrected chi connectivity index (χ4v) is 1.96. The Morgan fingerprint density at radius 1 is 1.05 bits per heavy atom. The van der Waals surface area contributed by atoms with Crippen LogP contribution in [0.2, 0.25) is 0 Å². The molecule has 0 saturated carbocycles. The van der Waals surface area contributed by atoms with Gasteiger partial charge in [-0.2, -0.15) is 0 Å². The van der Waals surface area contributed by atoms with Gasteiger partial charge in [-0.05, 0) is 11.5 Å². The van der Waals surface area contributed by atoms with Crippen molar-refractivity contribution in [2.75, 3.05) is 0 Å². The summed E-state index contributed by atoms with van der Waals surface area (Å²) in [5.74, 6) is -1.27. The molecule has 1 heterocycles. The SMILES string of the molecule is Fc1c[c-]c(-c2cccc3cccnc23)c(F)c1.[Ir]. The number of pyridine rings is 1. The Balaban J connectivity index is 0.00000133. The second-order valence-corrected chi connectivity index (χ2v) is 3.92. The number of hydrogen-bond acceptors (Lipinski definition) is 1. The largest absolute Gasteiger partial charge is 0.266 e. The van der Waals surface area contributed by atoms with Gasteiger partial charge in [0.05, 0.1) is 0 Å². The number of fused-ring (bicyclic) bond motifs is 1. The minimum atomic E-state index is -0.635. The molecule has 4 heteroatoms. The van der Waals surface area contributed by atoms with Crippen LogP contribution in [-0.4, -0.2) is 4.98 Å². The number of halogens is 2. The van der Waals surface area contributed by atoms with Crippen LogP contribution in [0.4, 0.5) is 8.78 Å². The minimum absolute atomic E-state index is 0. The molecule has 0 bridgehead atoms. The van der Waals surface area contributed by atoms with Gasteiger partial charge in [0.2, 0.25) is 0 Å². The molecule has 0 aliphatic carbocycles. The van der Waals surface area contributed by atoms with E-state index in [9.17, 15) is 8.78 Å². The van der Waals surface area contributed by atoms with Gasteiger partial charge in [0, 0.05) is 43.5 Å². The van der Waals surface area contributed by atoms with Gasteiger partial charge in [-0.1, -0.05) is 35.9 Å². The van der Waals surface area contributed by atoms with Crippen molar-refractivity contribution in [2.45, 2.75) is 0 Å². The molecule has 19 heavy (non-hydrogen) atoms. The number of benzene rings is 2. The average Bonchev–Trinajstić information content (AvgIpc) is 2.38. The van der Waals surface area contributed by atoms with Crippen LogP contribution in [0, 0.1) is 17.7 Å². The second-order valence-electron chi connectivity index (χ2n) is 3.92. The van der Waals surface area contributed by atoms with Gasteiger partial charge < -0.3 is 0 Å². The summed E-state index contributed by atoms with van der Waals surface area (Å²) in [7, 11) is 0. The molecule has 0 aliphatic heterocycles. The third kappa shape index (κ3) is 2.55. The number of hydrogen-bond donors (Lipinski definition) is 0. The smallest absolute Gasteiger partial charge is 0.0407 e. The van der Waals surface area contributed by atoms with Crippen LogP contribution < -0.4 is 0 Å². The Kier molecular flexibility index (Phi) is 4.03. The summed E-state index contributed by atoms with van der Waals surface area (Å²) in [4.78, 5) is 4.24. The third-order valence-corrected chi connectivity index (χ3v) is 2.76. The van der Waals surface area contributed by atoms with Crippen molar-refractivity contribution in [1.82, 2.24) is 4.98 Å². The standard InChI is InChI=1S/C15H8F2N.Ir/c16-11-6-7-12(14(17)9-11)13-5-1-3-10-4-2-8-18-15(10)13;/h1-6,8-9H;/q-1;. The van der Waals surface area contributed by atoms with E-state index in [0.717, 1.165) is 17.5 Å². The van der Waals surface area contributed by atoms with E-state index in [2.05, 4.69) is 11.1 Å². The number of aromatic nitrogens is 1. The first kappa shape index (κ1) is 13.8. The Hall–Kier alpha value is -1.64. The van der Waals surface area contributed by atoms with Gasteiger partial charge in [0.1, 0.15) is 0 Å². The average molecular weight is 432 g/mol. The van der Waals surface area contributed by atoms with Crippen LogP contribution in [0.5, 0.6) is 0 Å². The molecule has 1 aromatic heterocycles. The molecule has 0 fully saturated rings. The quantitative estimate of drug-likeness (QED) is 0.531. The van der Waals surface area contributed by atoms with E-state index in [0.29, 0.717) is 11.1 Å². The van der Waals surface area contributed by atoms with Crippen molar-refractivity contribution in [3.05, 3.63) is 66.4 Å². The maximum atomic E-state index is 13.8. The van der Waals surface area contributed by atoms with Gasteiger partial charge in [0.25, 0.3) is 0 Å². The molecular formula is C15H8F2IrN-. The van der Waals surface area contributed by atoms with E-state index < -0.39 is 11.6 Å². The molecule has 97 valence electrons. The van der Waals surface area contributed by atoms with E-state index in [-0.39, 0.29) is 25.7 Å². The van der Waals surface area contributed by atoms with Gasteiger partial charge in [-0.3, -0.25) is 13.8 Å². The van der Waals surface area contributed by atoms with Crippen LogP contribution in [0.15, 0.2) is 48.7 Å². The Morgan fingerprint density at radius 2 is 1.84 bits per heavy atom. The van der Waals surface area contributed by atoms with Crippen molar-refractivity contribution < 1.29 is 28.9 Å². The summed E-state index contributed by atoms with van der Waals surface area (Å²) in [5, 5.41) is 0.909. The van der Waals surface area contributed by atoms with E-state index in [4.69, 9.17) is 0 Å². The van der Waals surface area contributed by atoms with Gasteiger partial charge in [-0.15, -0.1) is 17.7 Å². The molecule has 3 rings (SSSR count). The first-order chi connectivity index (χ1) is 8.75. The molecule has 2 aromatic carbocycles. The molecule has 0 unspecified atom stereocenters. The summed E-state index contributed by atoms with van der Waals surface area (Å²) >= 11 is 0. The Morgan fingerprint density at radius 3 is 2.63 bits per heavy atom. The first-order valence-corrected chi connectivity index (χ1v) is 5.46. The predicted octanol–water partition coefficient (Wildman–Crippen LogP) is 3.98. The van der Waals surface area contributed by atoms with Crippen LogP contribution in [0.1, 0.15) is 0 Å². The zero-order valence-corrected chi connectivity index (χ0v) is 12.1. The zero-order valence-electron chi connectivity index (χ0n) is 9.66. The van der Waals surface area contributed by atoms with Gasteiger partial charge in [0.15, 0.2) is 0 Å². The maximum Gasteiger partial charge on any atom is 0.0407 e. The first-order valence-electron chi connectivity index (χ1n) is 5.46. The van der Waals surface area contributed by atoms with Crippen molar-refractivity contribution in [3.63, 3.8) is 0 Å². The fraction of sp³-hybridized carbons (Fsp3) is 0. The van der Waals surface area contributed by atoms with Crippen LogP contribution in [-0.2, 0) is 20.1 Å². The topological polar surface area (TPSA) is 12.9 Å². The summed E-state index contributed by atoms with van der Waals surface area (Å²) in [6.07, 6.45) is 1.65. The number of rotatable bonds is 1. The van der Waals surface area contributed by atoms with E-state index >= 15 is 0 Å². The fourth-order valence-electron chi connectivity index (χ4n) is 1.96. The van der Waals surface area contributed by atoms with Gasteiger partial charge in [-0.25, -0.2) is 0 Å². The van der Waals surface area contributed by atoms with Crippen molar-refractivity contribution in [1.29, 1.82) is 0 Å². The maximum absolute atomic E-state index is 13.8. The van der Waals surface area contributed by atoms with Crippen molar-refractivity contribution in [3.8, 4) is 11.1 Å². The molecule has 3 aromatic rings. The Bertz CT molecular complexity index is 723. The molecular weight excluding hydrogens is 424 g/mol. The van der Waals surface area contributed by atoms with Crippen LogP contribution in [0.3, 0.4) is 0 Å². The van der Waals surface area contributed by atoms with Gasteiger partial charge >= 0.3 is 0 Å². The predicted molar refractivity (Wildman–Crippen MR) is 65.9 cm³/mol. The molecule has 0 N–H and O–H groups in total. The summed E-state index contributed by atoms with van der Waals surface area (Å²) < 4.78 is 26.7. The number of nitrogens with zero attached hydrogens (tertiary/aromatic N) is 1. The van der Waals surface area contributed by atoms with Crippen LogP contribution in [0.25, 0.3) is 22.0 Å². The molecule has 0 aliphatic rings. The van der Waals surface area contributed by atoms with Crippen molar-refractivity contribution >= 4 is 10.9 Å². The monoisotopic (exact) mass is 433 g/mol. The minimum Gasteiger partial charge on any atom is -0.266 e. The molecule has 1 nitrogen and oxygen atoms in total. The van der Waals surface area contributed by atoms with E-state index in [1.54, 1.807) is 12.3 Å². The second kappa shape index (κ2) is 5.55. The summed E-state index contributed by atoms with van der Waals surface area (Å²) in [6, 6.07) is 13.8. The normalized spacial score (nSPS) is 10.2. The van der Waals surface area contributed by atoms with Crippen LogP contribution >= 0.6 is 0 Å². The molecule has 0 amide bonds. The summed E-state index contributed by atoms with van der Waals surface area (Å²) in [5.41, 5.74) is 1.54. The van der Waals surface area contributed by atoms with E-state index in [1.165, 1.54) is 0 Å². The molecule has 0 spiro atoms. The summed E-state index contributed by atoms with van der Waals surface area (Å²) in [6.45, 7) is 0. The molecule has 0 atom stereocenters. The number of para-hydroxylation sites is 1. The zero-order chi connectivity index (χ0) is 12.5. The Labute approximate surface area is 122 Å².